The molecule has 0 saturated carbocycles. The minimum atomic E-state index is 0.143. The van der Waals surface area contributed by atoms with Crippen molar-refractivity contribution in [2.75, 3.05) is 11.9 Å². The van der Waals surface area contributed by atoms with Gasteiger partial charge in [0.25, 0.3) is 0 Å². The molecular weight excluding hydrogens is 229 g/mol. The van der Waals surface area contributed by atoms with Gasteiger partial charge in [0.15, 0.2) is 0 Å². The second-order valence-corrected chi connectivity index (χ2v) is 3.63. The highest BCUT2D eigenvalue weighted by Gasteiger charge is 1.97. The third kappa shape index (κ3) is 8.76. The Labute approximate surface area is 108 Å². The first-order valence-corrected chi connectivity index (χ1v) is 6.64. The van der Waals surface area contributed by atoms with Crippen LogP contribution in [0.1, 0.15) is 33.3 Å². The minimum absolute atomic E-state index is 0.143. The molecule has 1 aromatic carbocycles. The summed E-state index contributed by atoms with van der Waals surface area (Å²) < 4.78 is 0. The van der Waals surface area contributed by atoms with Crippen molar-refractivity contribution in [2.24, 2.45) is 0 Å². The number of anilines is 1. The maximum Gasteiger partial charge on any atom is 0.104 e. The van der Waals surface area contributed by atoms with E-state index in [1.54, 1.807) is 0 Å². The molecule has 0 heterocycles. The van der Waals surface area contributed by atoms with Gasteiger partial charge in [-0.15, -0.1) is 9.24 Å². The van der Waals surface area contributed by atoms with E-state index in [1.807, 2.05) is 46.8 Å². The largest absolute Gasteiger partial charge is 0.511 e. The van der Waals surface area contributed by atoms with Crippen molar-refractivity contribution in [3.8, 4) is 0 Å². The molecule has 0 bridgehead atoms. The van der Waals surface area contributed by atoms with E-state index >= 15 is 0 Å². The summed E-state index contributed by atoms with van der Waals surface area (Å²) in [6.07, 6.45) is 0. The second kappa shape index (κ2) is 11.5. The van der Waals surface area contributed by atoms with E-state index in [0.717, 1.165) is 11.0 Å². The minimum Gasteiger partial charge on any atom is -0.511 e. The number of nitrogens with one attached hydrogen (secondary N) is 1. The standard InChI is InChI=1S/C10H14NOP.2C2H6/c1-7-3-4-9(10(13)5-7)11-6-8(2)12;2*1-2/h3-5,11-12H,2,6,13H2,1H3;2*1-2H3. The number of rotatable bonds is 3. The van der Waals surface area contributed by atoms with Crippen LogP contribution in [0.25, 0.3) is 0 Å². The zero-order valence-electron chi connectivity index (χ0n) is 11.7. The summed E-state index contributed by atoms with van der Waals surface area (Å²) in [5, 5.41) is 13.1. The van der Waals surface area contributed by atoms with Gasteiger partial charge in [0.05, 0.1) is 6.54 Å². The highest BCUT2D eigenvalue weighted by atomic mass is 31.0. The van der Waals surface area contributed by atoms with Crippen LogP contribution in [0.3, 0.4) is 0 Å². The molecule has 0 aliphatic carbocycles. The summed E-state index contributed by atoms with van der Waals surface area (Å²) in [6, 6.07) is 6.07. The lowest BCUT2D eigenvalue weighted by atomic mass is 10.2. The number of aliphatic hydroxyl groups is 1. The monoisotopic (exact) mass is 255 g/mol. The molecule has 0 aliphatic rings. The van der Waals surface area contributed by atoms with Crippen LogP contribution in [-0.4, -0.2) is 11.7 Å². The van der Waals surface area contributed by atoms with Gasteiger partial charge in [-0.2, -0.15) is 0 Å². The van der Waals surface area contributed by atoms with Gasteiger partial charge in [-0.05, 0) is 18.3 Å². The van der Waals surface area contributed by atoms with Gasteiger partial charge in [0.1, 0.15) is 5.76 Å². The Hall–Kier alpha value is -1.01. The van der Waals surface area contributed by atoms with Crippen molar-refractivity contribution in [2.45, 2.75) is 34.6 Å². The third-order valence-corrected chi connectivity index (χ3v) is 2.17. The predicted octanol–water partition coefficient (Wildman–Crippen LogP) is 4.03. The highest BCUT2D eigenvalue weighted by Crippen LogP contribution is 2.09. The summed E-state index contributed by atoms with van der Waals surface area (Å²) in [5.41, 5.74) is 2.23. The Bertz CT molecular complexity index is 324. The number of aliphatic hydroxyl groups excluding tert-OH is 1. The van der Waals surface area contributed by atoms with E-state index in [0.29, 0.717) is 6.54 Å². The fourth-order valence-electron chi connectivity index (χ4n) is 1.04. The zero-order chi connectivity index (χ0) is 13.8. The molecule has 0 aliphatic heterocycles. The Kier molecular flexibility index (Phi) is 12.4. The Morgan fingerprint density at radius 1 is 1.29 bits per heavy atom. The van der Waals surface area contributed by atoms with E-state index in [9.17, 15) is 0 Å². The topological polar surface area (TPSA) is 32.3 Å². The van der Waals surface area contributed by atoms with Crippen LogP contribution in [0.4, 0.5) is 5.69 Å². The van der Waals surface area contributed by atoms with Crippen molar-refractivity contribution < 1.29 is 5.11 Å². The maximum atomic E-state index is 8.90. The molecule has 1 aromatic rings. The second-order valence-electron chi connectivity index (χ2n) is 3.01. The summed E-state index contributed by atoms with van der Waals surface area (Å²) in [6.45, 7) is 13.8. The fraction of sp³-hybridized carbons (Fsp3) is 0.429. The average molecular weight is 255 g/mol. The van der Waals surface area contributed by atoms with E-state index in [-0.39, 0.29) is 5.76 Å². The third-order valence-electron chi connectivity index (χ3n) is 1.69. The summed E-state index contributed by atoms with van der Waals surface area (Å²) in [5.74, 6) is 0.143. The van der Waals surface area contributed by atoms with Crippen molar-refractivity contribution >= 4 is 20.2 Å². The van der Waals surface area contributed by atoms with Crippen LogP contribution in [-0.2, 0) is 0 Å². The van der Waals surface area contributed by atoms with Crippen LogP contribution in [0, 0.1) is 6.92 Å². The quantitative estimate of drug-likeness (QED) is 0.631. The number of aryl methyl sites for hydroxylation is 1. The lowest BCUT2D eigenvalue weighted by Gasteiger charge is -2.08. The normalized spacial score (nSPS) is 8.12. The number of hydrogen-bond donors (Lipinski definition) is 2. The molecule has 0 spiro atoms. The molecule has 1 rings (SSSR count). The molecule has 0 saturated heterocycles. The van der Waals surface area contributed by atoms with E-state index < -0.39 is 0 Å². The molecule has 0 fully saturated rings. The molecule has 0 radical (unpaired) electrons. The molecule has 2 N–H and O–H groups in total. The van der Waals surface area contributed by atoms with E-state index in [2.05, 4.69) is 27.2 Å². The number of benzene rings is 1. The SMILES string of the molecule is C=C(O)CNc1ccc(C)cc1P.CC.CC. The van der Waals surface area contributed by atoms with Crippen LogP contribution in [0.15, 0.2) is 30.5 Å². The first-order valence-electron chi connectivity index (χ1n) is 6.06. The first-order chi connectivity index (χ1) is 8.09. The summed E-state index contributed by atoms with van der Waals surface area (Å²) in [4.78, 5) is 0. The Balaban J connectivity index is 0. The van der Waals surface area contributed by atoms with Crippen LogP contribution < -0.4 is 10.6 Å². The number of hydrogen-bond acceptors (Lipinski definition) is 2. The van der Waals surface area contributed by atoms with Crippen molar-refractivity contribution in [1.82, 2.24) is 0 Å². The van der Waals surface area contributed by atoms with Crippen LogP contribution >= 0.6 is 9.24 Å². The zero-order valence-corrected chi connectivity index (χ0v) is 12.8. The smallest absolute Gasteiger partial charge is 0.104 e. The Morgan fingerprint density at radius 2 is 1.82 bits per heavy atom. The maximum absolute atomic E-state index is 8.90. The van der Waals surface area contributed by atoms with Crippen LogP contribution in [0.5, 0.6) is 0 Å². The van der Waals surface area contributed by atoms with Gasteiger partial charge in [-0.3, -0.25) is 0 Å². The van der Waals surface area contributed by atoms with Gasteiger partial charge in [-0.1, -0.05) is 52.0 Å². The van der Waals surface area contributed by atoms with Crippen LogP contribution in [0.2, 0.25) is 0 Å². The fourth-order valence-corrected chi connectivity index (χ4v) is 1.50. The predicted molar refractivity (Wildman–Crippen MR) is 83.5 cm³/mol. The van der Waals surface area contributed by atoms with Crippen molar-refractivity contribution in [3.05, 3.63) is 36.1 Å². The van der Waals surface area contributed by atoms with Crippen molar-refractivity contribution in [1.29, 1.82) is 0 Å². The molecule has 1 atom stereocenters. The summed E-state index contributed by atoms with van der Waals surface area (Å²) >= 11 is 0. The molecule has 0 aromatic heterocycles. The molecule has 17 heavy (non-hydrogen) atoms. The lowest BCUT2D eigenvalue weighted by Crippen LogP contribution is -2.09. The molecule has 98 valence electrons. The van der Waals surface area contributed by atoms with Gasteiger partial charge in [-0.25, -0.2) is 0 Å². The van der Waals surface area contributed by atoms with Gasteiger partial charge in [0, 0.05) is 5.69 Å². The Morgan fingerprint density at radius 3 is 2.24 bits per heavy atom. The molecule has 2 nitrogen and oxygen atoms in total. The van der Waals surface area contributed by atoms with Gasteiger partial charge < -0.3 is 10.4 Å². The van der Waals surface area contributed by atoms with E-state index in [1.165, 1.54) is 5.56 Å². The van der Waals surface area contributed by atoms with Gasteiger partial charge in [0.2, 0.25) is 0 Å². The molecule has 0 amide bonds. The molecular formula is C14H26NOP. The van der Waals surface area contributed by atoms with E-state index in [4.69, 9.17) is 5.11 Å². The van der Waals surface area contributed by atoms with Gasteiger partial charge >= 0.3 is 0 Å². The molecule has 1 unspecified atom stereocenters. The summed E-state index contributed by atoms with van der Waals surface area (Å²) in [7, 11) is 2.65. The first kappa shape index (κ1) is 18.4. The average Bonchev–Trinajstić information content (AvgIpc) is 2.33. The van der Waals surface area contributed by atoms with Crippen molar-refractivity contribution in [3.63, 3.8) is 0 Å². The highest BCUT2D eigenvalue weighted by molar-refractivity contribution is 7.28. The molecule has 3 heteroatoms. The lowest BCUT2D eigenvalue weighted by molar-refractivity contribution is 0.410.